The van der Waals surface area contributed by atoms with Gasteiger partial charge in [0.05, 0.1) is 6.54 Å². The normalized spacial score (nSPS) is 19.0. The van der Waals surface area contributed by atoms with Crippen LogP contribution in [-0.2, 0) is 11.3 Å². The van der Waals surface area contributed by atoms with Crippen molar-refractivity contribution < 1.29 is 19.8 Å². The van der Waals surface area contributed by atoms with Gasteiger partial charge in [-0.25, -0.2) is 4.79 Å². The minimum atomic E-state index is -1.08. The number of hydrogen-bond acceptors (Lipinski definition) is 4. The summed E-state index contributed by atoms with van der Waals surface area (Å²) in [6.45, 7) is 1.15. The summed E-state index contributed by atoms with van der Waals surface area (Å²) in [4.78, 5) is 29.7. The number of amides is 1. The van der Waals surface area contributed by atoms with Gasteiger partial charge in [0.15, 0.2) is 0 Å². The lowest BCUT2D eigenvalue weighted by atomic mass is 10.0. The molecule has 1 saturated heterocycles. The van der Waals surface area contributed by atoms with Crippen LogP contribution in [0.5, 0.6) is 0 Å². The summed E-state index contributed by atoms with van der Waals surface area (Å²) in [5.41, 5.74) is 1.01. The standard InChI is InChI=1S/C16H17N3O4/c20-15(21)14-10-19(16(22)23)7-6-18(14)9-12-3-1-2-11-8-17-5-4-13(11)12/h1-5,8,14H,6-7,9-10H2,(H,20,21)(H,22,23). The molecule has 0 aliphatic carbocycles. The molecule has 3 rings (SSSR count). The third-order valence-electron chi connectivity index (χ3n) is 4.19. The number of rotatable bonds is 3. The van der Waals surface area contributed by atoms with Gasteiger partial charge in [-0.2, -0.15) is 0 Å². The van der Waals surface area contributed by atoms with Crippen LogP contribution in [0.2, 0.25) is 0 Å². The molecule has 2 N–H and O–H groups in total. The Bertz CT molecular complexity index is 744. The SMILES string of the molecule is O=C(O)C1CN(C(=O)O)CCN1Cc1cccc2cnccc12. The molecule has 0 bridgehead atoms. The molecule has 1 aliphatic rings. The number of aromatic nitrogens is 1. The van der Waals surface area contributed by atoms with Crippen LogP contribution < -0.4 is 0 Å². The van der Waals surface area contributed by atoms with Gasteiger partial charge in [-0.3, -0.25) is 14.7 Å². The van der Waals surface area contributed by atoms with Gasteiger partial charge in [0.2, 0.25) is 0 Å². The summed E-state index contributed by atoms with van der Waals surface area (Å²) in [6, 6.07) is 6.92. The summed E-state index contributed by atoms with van der Waals surface area (Å²) in [7, 11) is 0. The third-order valence-corrected chi connectivity index (χ3v) is 4.19. The topological polar surface area (TPSA) is 94.0 Å². The first kappa shape index (κ1) is 15.2. The lowest BCUT2D eigenvalue weighted by molar-refractivity contribution is -0.145. The Kier molecular flexibility index (Phi) is 4.12. The number of carbonyl (C=O) groups is 2. The smallest absolute Gasteiger partial charge is 0.407 e. The van der Waals surface area contributed by atoms with Crippen LogP contribution in [0.15, 0.2) is 36.7 Å². The van der Waals surface area contributed by atoms with Crippen molar-refractivity contribution in [2.24, 2.45) is 0 Å². The van der Waals surface area contributed by atoms with E-state index in [2.05, 4.69) is 4.98 Å². The second-order valence-electron chi connectivity index (χ2n) is 5.57. The Balaban J connectivity index is 1.85. The first-order valence-electron chi connectivity index (χ1n) is 7.32. The molecule has 1 atom stereocenters. The maximum atomic E-state index is 11.5. The summed E-state index contributed by atoms with van der Waals surface area (Å²) in [5, 5.41) is 20.5. The molecule has 1 aromatic carbocycles. The van der Waals surface area contributed by atoms with E-state index in [4.69, 9.17) is 5.11 Å². The fourth-order valence-electron chi connectivity index (χ4n) is 2.96. The highest BCUT2D eigenvalue weighted by molar-refractivity contribution is 5.84. The molecule has 1 unspecified atom stereocenters. The van der Waals surface area contributed by atoms with Crippen LogP contribution >= 0.6 is 0 Å². The predicted octanol–water partition coefficient (Wildman–Crippen LogP) is 1.48. The van der Waals surface area contributed by atoms with E-state index in [9.17, 15) is 14.7 Å². The van der Waals surface area contributed by atoms with Crippen molar-refractivity contribution in [2.45, 2.75) is 12.6 Å². The first-order chi connectivity index (χ1) is 11.1. The lowest BCUT2D eigenvalue weighted by Gasteiger charge is -2.38. The molecule has 2 aromatic rings. The molecule has 120 valence electrons. The maximum Gasteiger partial charge on any atom is 0.407 e. The van der Waals surface area contributed by atoms with Crippen LogP contribution in [0.4, 0.5) is 4.79 Å². The van der Waals surface area contributed by atoms with E-state index in [1.165, 1.54) is 0 Å². The molecule has 7 nitrogen and oxygen atoms in total. The summed E-state index contributed by atoms with van der Waals surface area (Å²) < 4.78 is 0. The molecule has 1 aliphatic heterocycles. The zero-order valence-corrected chi connectivity index (χ0v) is 12.4. The molecule has 0 saturated carbocycles. The van der Waals surface area contributed by atoms with E-state index in [0.29, 0.717) is 19.6 Å². The van der Waals surface area contributed by atoms with Crippen molar-refractivity contribution in [3.05, 3.63) is 42.2 Å². The van der Waals surface area contributed by atoms with Gasteiger partial charge in [0, 0.05) is 37.4 Å². The number of hydrogen-bond donors (Lipinski definition) is 2. The Hall–Kier alpha value is -2.67. The molecule has 7 heteroatoms. The van der Waals surface area contributed by atoms with Gasteiger partial charge >= 0.3 is 12.1 Å². The minimum Gasteiger partial charge on any atom is -0.480 e. The number of nitrogens with zero attached hydrogens (tertiary/aromatic N) is 3. The van der Waals surface area contributed by atoms with E-state index >= 15 is 0 Å². The number of aliphatic carboxylic acids is 1. The fourth-order valence-corrected chi connectivity index (χ4v) is 2.96. The van der Waals surface area contributed by atoms with Gasteiger partial charge in [-0.05, 0) is 17.0 Å². The minimum absolute atomic E-state index is 0.0169. The van der Waals surface area contributed by atoms with Gasteiger partial charge in [-0.15, -0.1) is 0 Å². The van der Waals surface area contributed by atoms with Crippen molar-refractivity contribution in [3.8, 4) is 0 Å². The van der Waals surface area contributed by atoms with Crippen molar-refractivity contribution in [2.75, 3.05) is 19.6 Å². The van der Waals surface area contributed by atoms with Crippen molar-refractivity contribution in [1.82, 2.24) is 14.8 Å². The number of benzene rings is 1. The van der Waals surface area contributed by atoms with Crippen molar-refractivity contribution >= 4 is 22.8 Å². The third kappa shape index (κ3) is 3.09. The number of piperazine rings is 1. The van der Waals surface area contributed by atoms with Crippen molar-refractivity contribution in [1.29, 1.82) is 0 Å². The molecule has 0 spiro atoms. The van der Waals surface area contributed by atoms with Crippen LogP contribution in [0, 0.1) is 0 Å². The Morgan fingerprint density at radius 3 is 2.78 bits per heavy atom. The van der Waals surface area contributed by atoms with E-state index < -0.39 is 18.1 Å². The number of pyridine rings is 1. The zero-order valence-electron chi connectivity index (χ0n) is 12.4. The molecule has 0 radical (unpaired) electrons. The Morgan fingerprint density at radius 1 is 1.22 bits per heavy atom. The van der Waals surface area contributed by atoms with E-state index in [-0.39, 0.29) is 6.54 Å². The van der Waals surface area contributed by atoms with Crippen molar-refractivity contribution in [3.63, 3.8) is 0 Å². The highest BCUT2D eigenvalue weighted by atomic mass is 16.4. The highest BCUT2D eigenvalue weighted by Crippen LogP contribution is 2.21. The van der Waals surface area contributed by atoms with Gasteiger partial charge in [-0.1, -0.05) is 18.2 Å². The largest absolute Gasteiger partial charge is 0.480 e. The van der Waals surface area contributed by atoms with Crippen LogP contribution in [-0.4, -0.2) is 62.7 Å². The number of carboxylic acids is 1. The van der Waals surface area contributed by atoms with E-state index in [0.717, 1.165) is 21.2 Å². The van der Waals surface area contributed by atoms with Crippen LogP contribution in [0.25, 0.3) is 10.8 Å². The molecular weight excluding hydrogens is 298 g/mol. The Labute approximate surface area is 132 Å². The maximum absolute atomic E-state index is 11.5. The molecular formula is C16H17N3O4. The predicted molar refractivity (Wildman–Crippen MR) is 83.2 cm³/mol. The monoisotopic (exact) mass is 315 g/mol. The molecule has 1 aromatic heterocycles. The van der Waals surface area contributed by atoms with E-state index in [1.807, 2.05) is 29.2 Å². The quantitative estimate of drug-likeness (QED) is 0.891. The summed E-state index contributed by atoms with van der Waals surface area (Å²) in [5.74, 6) is -1.00. The number of carboxylic acid groups (broad SMARTS) is 2. The highest BCUT2D eigenvalue weighted by Gasteiger charge is 2.34. The first-order valence-corrected chi connectivity index (χ1v) is 7.32. The van der Waals surface area contributed by atoms with Gasteiger partial charge < -0.3 is 15.1 Å². The van der Waals surface area contributed by atoms with Gasteiger partial charge in [0.25, 0.3) is 0 Å². The summed E-state index contributed by atoms with van der Waals surface area (Å²) >= 11 is 0. The summed E-state index contributed by atoms with van der Waals surface area (Å²) in [6.07, 6.45) is 2.41. The molecule has 2 heterocycles. The zero-order chi connectivity index (χ0) is 16.4. The molecule has 1 amide bonds. The Morgan fingerprint density at radius 2 is 2.04 bits per heavy atom. The molecule has 1 fully saturated rings. The second-order valence-corrected chi connectivity index (χ2v) is 5.57. The lowest BCUT2D eigenvalue weighted by Crippen LogP contribution is -2.57. The second kappa shape index (κ2) is 6.21. The fraction of sp³-hybridized carbons (Fsp3) is 0.312. The van der Waals surface area contributed by atoms with Gasteiger partial charge in [0.1, 0.15) is 6.04 Å². The molecule has 23 heavy (non-hydrogen) atoms. The van der Waals surface area contributed by atoms with E-state index in [1.54, 1.807) is 12.4 Å². The number of fused-ring (bicyclic) bond motifs is 1. The van der Waals surface area contributed by atoms with Crippen LogP contribution in [0.1, 0.15) is 5.56 Å². The average Bonchev–Trinajstić information content (AvgIpc) is 2.55. The average molecular weight is 315 g/mol. The van der Waals surface area contributed by atoms with Crippen LogP contribution in [0.3, 0.4) is 0 Å².